The first-order valence-electron chi connectivity index (χ1n) is 6.25. The van der Waals surface area contributed by atoms with Crippen molar-refractivity contribution in [1.82, 2.24) is 4.90 Å². The van der Waals surface area contributed by atoms with Crippen molar-refractivity contribution in [2.45, 2.75) is 13.3 Å². The number of rotatable bonds is 5. The Labute approximate surface area is 126 Å². The molecule has 0 atom stereocenters. The molecule has 0 aromatic heterocycles. The van der Waals surface area contributed by atoms with Gasteiger partial charge in [0.25, 0.3) is 0 Å². The van der Waals surface area contributed by atoms with Crippen LogP contribution in [-0.4, -0.2) is 38.0 Å². The Bertz CT molecular complexity index is 540. The van der Waals surface area contributed by atoms with E-state index in [-0.39, 0.29) is 22.5 Å². The Morgan fingerprint density at radius 3 is 2.60 bits per heavy atom. The Balaban J connectivity index is 3.13. The number of hydrogen-bond donors (Lipinski definition) is 0. The second-order valence-corrected chi connectivity index (χ2v) is 5.37. The van der Waals surface area contributed by atoms with Gasteiger partial charge in [0.2, 0.25) is 5.91 Å². The van der Waals surface area contributed by atoms with Gasteiger partial charge < -0.3 is 9.80 Å². The fourth-order valence-electron chi connectivity index (χ4n) is 1.73. The third kappa shape index (κ3) is 3.70. The van der Waals surface area contributed by atoms with Crippen LogP contribution in [0, 0.1) is 17.1 Å². The van der Waals surface area contributed by atoms with Crippen molar-refractivity contribution >= 4 is 27.5 Å². The molecule has 0 heterocycles. The van der Waals surface area contributed by atoms with Gasteiger partial charge in [-0.25, -0.2) is 4.39 Å². The van der Waals surface area contributed by atoms with Gasteiger partial charge in [0, 0.05) is 20.6 Å². The molecule has 20 heavy (non-hydrogen) atoms. The first-order chi connectivity index (χ1) is 9.42. The second kappa shape index (κ2) is 7.25. The number of hydrogen-bond acceptors (Lipinski definition) is 3. The predicted octanol–water partition coefficient (Wildman–Crippen LogP) is 2.76. The zero-order valence-corrected chi connectivity index (χ0v) is 13.4. The maximum absolute atomic E-state index is 14.3. The van der Waals surface area contributed by atoms with Crippen molar-refractivity contribution in [2.75, 3.05) is 32.1 Å². The molecule has 1 amide bonds. The van der Waals surface area contributed by atoms with Gasteiger partial charge in [0.05, 0.1) is 22.3 Å². The number of carbonyl (C=O) groups excluding carboxylic acids is 1. The lowest BCUT2D eigenvalue weighted by atomic mass is 10.2. The predicted molar refractivity (Wildman–Crippen MR) is 80.0 cm³/mol. The lowest BCUT2D eigenvalue weighted by Crippen LogP contribution is -2.37. The number of carbonyl (C=O) groups is 1. The number of amides is 1. The van der Waals surface area contributed by atoms with E-state index in [9.17, 15) is 9.18 Å². The van der Waals surface area contributed by atoms with Crippen LogP contribution in [0.2, 0.25) is 0 Å². The largest absolute Gasteiger partial charge is 0.360 e. The van der Waals surface area contributed by atoms with Crippen LogP contribution in [0.5, 0.6) is 0 Å². The van der Waals surface area contributed by atoms with Crippen LogP contribution in [0.4, 0.5) is 10.1 Å². The highest BCUT2D eigenvalue weighted by Crippen LogP contribution is 2.29. The lowest BCUT2D eigenvalue weighted by molar-refractivity contribution is -0.127. The third-order valence-electron chi connectivity index (χ3n) is 2.84. The van der Waals surface area contributed by atoms with Gasteiger partial charge in [-0.1, -0.05) is 6.92 Å². The first kappa shape index (κ1) is 16.4. The van der Waals surface area contributed by atoms with Crippen LogP contribution in [0.3, 0.4) is 0 Å². The van der Waals surface area contributed by atoms with E-state index in [2.05, 4.69) is 15.9 Å². The average molecular weight is 342 g/mol. The summed E-state index contributed by atoms with van der Waals surface area (Å²) in [7, 11) is 3.33. The van der Waals surface area contributed by atoms with Crippen molar-refractivity contribution in [3.8, 4) is 6.07 Å². The summed E-state index contributed by atoms with van der Waals surface area (Å²) in [6.07, 6.45) is 0.789. The standard InChI is InChI=1S/C14H17BrFN3O/c1-4-7-19(9-12(20)18(2)3)11-6-5-10(8-17)13(15)14(11)16/h5-6H,4,7,9H2,1-3H3. The Morgan fingerprint density at radius 2 is 2.10 bits per heavy atom. The van der Waals surface area contributed by atoms with E-state index >= 15 is 0 Å². The van der Waals surface area contributed by atoms with E-state index in [4.69, 9.17) is 5.26 Å². The van der Waals surface area contributed by atoms with Crippen molar-refractivity contribution in [2.24, 2.45) is 0 Å². The lowest BCUT2D eigenvalue weighted by Gasteiger charge is -2.26. The molecule has 0 saturated heterocycles. The van der Waals surface area contributed by atoms with Crippen LogP contribution in [0.15, 0.2) is 16.6 Å². The summed E-state index contributed by atoms with van der Waals surface area (Å²) >= 11 is 3.09. The molecule has 0 aliphatic rings. The van der Waals surface area contributed by atoms with E-state index in [0.29, 0.717) is 12.2 Å². The fourth-order valence-corrected chi connectivity index (χ4v) is 2.15. The molecule has 6 heteroatoms. The Morgan fingerprint density at radius 1 is 1.45 bits per heavy atom. The van der Waals surface area contributed by atoms with Gasteiger partial charge >= 0.3 is 0 Å². The zero-order valence-electron chi connectivity index (χ0n) is 11.8. The normalized spacial score (nSPS) is 10.0. The minimum atomic E-state index is -0.510. The number of likely N-dealkylation sites (N-methyl/N-ethyl adjacent to an activating group) is 1. The number of anilines is 1. The summed E-state index contributed by atoms with van der Waals surface area (Å²) in [4.78, 5) is 15.0. The molecular weight excluding hydrogens is 325 g/mol. The summed E-state index contributed by atoms with van der Waals surface area (Å²) in [6, 6.07) is 5.00. The van der Waals surface area contributed by atoms with Crippen LogP contribution >= 0.6 is 15.9 Å². The van der Waals surface area contributed by atoms with Gasteiger partial charge in [-0.15, -0.1) is 0 Å². The molecule has 0 unspecified atom stereocenters. The number of nitrogens with zero attached hydrogens (tertiary/aromatic N) is 3. The van der Waals surface area contributed by atoms with E-state index in [1.165, 1.54) is 11.0 Å². The third-order valence-corrected chi connectivity index (χ3v) is 3.62. The van der Waals surface area contributed by atoms with Crippen molar-refractivity contribution in [3.63, 3.8) is 0 Å². The highest BCUT2D eigenvalue weighted by Gasteiger charge is 2.19. The number of benzene rings is 1. The van der Waals surface area contributed by atoms with E-state index in [1.54, 1.807) is 25.1 Å². The molecule has 0 aliphatic carbocycles. The van der Waals surface area contributed by atoms with Gasteiger partial charge in [-0.2, -0.15) is 5.26 Å². The molecule has 108 valence electrons. The van der Waals surface area contributed by atoms with E-state index in [1.807, 2.05) is 13.0 Å². The van der Waals surface area contributed by atoms with Crippen molar-refractivity contribution < 1.29 is 9.18 Å². The van der Waals surface area contributed by atoms with Crippen LogP contribution < -0.4 is 4.90 Å². The van der Waals surface area contributed by atoms with Crippen molar-refractivity contribution in [1.29, 1.82) is 5.26 Å². The molecule has 0 spiro atoms. The average Bonchev–Trinajstić information content (AvgIpc) is 2.41. The van der Waals surface area contributed by atoms with Gasteiger partial charge in [0.15, 0.2) is 5.82 Å². The van der Waals surface area contributed by atoms with Crippen LogP contribution in [0.25, 0.3) is 0 Å². The first-order valence-corrected chi connectivity index (χ1v) is 7.04. The van der Waals surface area contributed by atoms with E-state index < -0.39 is 5.82 Å². The maximum atomic E-state index is 14.3. The minimum absolute atomic E-state index is 0.0988. The fraction of sp³-hybridized carbons (Fsp3) is 0.429. The van der Waals surface area contributed by atoms with Crippen LogP contribution in [0.1, 0.15) is 18.9 Å². The van der Waals surface area contributed by atoms with E-state index in [0.717, 1.165) is 6.42 Å². The summed E-state index contributed by atoms with van der Waals surface area (Å²) in [5.74, 6) is -0.609. The van der Waals surface area contributed by atoms with Gasteiger partial charge in [-0.3, -0.25) is 4.79 Å². The summed E-state index contributed by atoms with van der Waals surface area (Å²) in [5.41, 5.74) is 0.564. The summed E-state index contributed by atoms with van der Waals surface area (Å²) in [5, 5.41) is 8.87. The maximum Gasteiger partial charge on any atom is 0.241 e. The molecule has 0 bridgehead atoms. The second-order valence-electron chi connectivity index (χ2n) is 4.58. The highest BCUT2D eigenvalue weighted by atomic mass is 79.9. The molecule has 4 nitrogen and oxygen atoms in total. The monoisotopic (exact) mass is 341 g/mol. The molecular formula is C14H17BrFN3O. The molecule has 0 saturated carbocycles. The van der Waals surface area contributed by atoms with Crippen molar-refractivity contribution in [3.05, 3.63) is 28.0 Å². The molecule has 0 fully saturated rings. The molecule has 1 aromatic carbocycles. The molecule has 1 rings (SSSR count). The van der Waals surface area contributed by atoms with Gasteiger partial charge in [-0.05, 0) is 34.5 Å². The quantitative estimate of drug-likeness (QED) is 0.827. The zero-order chi connectivity index (χ0) is 15.3. The molecule has 0 radical (unpaired) electrons. The Kier molecular flexibility index (Phi) is 5.96. The molecule has 0 aliphatic heterocycles. The Hall–Kier alpha value is -1.61. The summed E-state index contributed by atoms with van der Waals surface area (Å²) in [6.45, 7) is 2.63. The SMILES string of the molecule is CCCN(CC(=O)N(C)C)c1ccc(C#N)c(Br)c1F. The number of halogens is 2. The smallest absolute Gasteiger partial charge is 0.241 e. The topological polar surface area (TPSA) is 47.3 Å². The minimum Gasteiger partial charge on any atom is -0.360 e. The van der Waals surface area contributed by atoms with Crippen LogP contribution in [-0.2, 0) is 4.79 Å². The number of nitriles is 1. The molecule has 0 N–H and O–H groups in total. The van der Waals surface area contributed by atoms with Gasteiger partial charge in [0.1, 0.15) is 6.07 Å². The highest BCUT2D eigenvalue weighted by molar-refractivity contribution is 9.10. The molecule has 1 aromatic rings. The summed E-state index contributed by atoms with van der Waals surface area (Å²) < 4.78 is 14.4.